The Labute approximate surface area is 252 Å². The lowest BCUT2D eigenvalue weighted by atomic mass is 9.80. The summed E-state index contributed by atoms with van der Waals surface area (Å²) in [5, 5.41) is 0. The smallest absolute Gasteiger partial charge is 0.00297 e. The molecule has 0 heterocycles. The van der Waals surface area contributed by atoms with E-state index in [1.165, 1.54) is 72.8 Å². The van der Waals surface area contributed by atoms with Crippen molar-refractivity contribution in [3.05, 3.63) is 90.5 Å². The van der Waals surface area contributed by atoms with Crippen molar-refractivity contribution in [1.82, 2.24) is 0 Å². The van der Waals surface area contributed by atoms with E-state index in [4.69, 9.17) is 0 Å². The van der Waals surface area contributed by atoms with Gasteiger partial charge in [-0.2, -0.15) is 0 Å². The fourth-order valence-electron chi connectivity index (χ4n) is 4.05. The molecule has 0 aromatic heterocycles. The molecular formula is C40H64. The first kappa shape index (κ1) is 41.7. The normalized spacial score (nSPS) is 15.1. The number of aryl methyl sites for hydroxylation is 1. The Balaban J connectivity index is -0.000000715. The third kappa shape index (κ3) is 21.1. The number of benzene rings is 2. The van der Waals surface area contributed by atoms with Crippen molar-refractivity contribution in [3.63, 3.8) is 0 Å². The van der Waals surface area contributed by atoms with Crippen LogP contribution in [-0.4, -0.2) is 0 Å². The van der Waals surface area contributed by atoms with Gasteiger partial charge >= 0.3 is 0 Å². The van der Waals surface area contributed by atoms with E-state index in [1.54, 1.807) is 13.0 Å². The van der Waals surface area contributed by atoms with Crippen molar-refractivity contribution < 1.29 is 0 Å². The maximum Gasteiger partial charge on any atom is -0.00297 e. The highest BCUT2D eigenvalue weighted by Crippen LogP contribution is 2.31. The Hall–Kier alpha value is -2.78. The minimum atomic E-state index is 0.944. The van der Waals surface area contributed by atoms with Gasteiger partial charge in [0.15, 0.2) is 0 Å². The second kappa shape index (κ2) is 29.2. The zero-order valence-corrected chi connectivity index (χ0v) is 28.4. The lowest BCUT2D eigenvalue weighted by Crippen LogP contribution is -2.12. The summed E-state index contributed by atoms with van der Waals surface area (Å²) in [5.41, 5.74) is 7.93. The van der Waals surface area contributed by atoms with Crippen LogP contribution in [0, 0.1) is 24.2 Å². The monoisotopic (exact) mass is 545 g/mol. The SMILES string of the molecule is C#CC.C/C=C(\C)CC.C=C(C)c1ccc(-c2cccc(CCC3CCC(C)CC3)c2)cc1.C=CC.CC.CC. The summed E-state index contributed by atoms with van der Waals surface area (Å²) >= 11 is 0. The Morgan fingerprint density at radius 2 is 1.43 bits per heavy atom. The van der Waals surface area contributed by atoms with Crippen LogP contribution in [0.25, 0.3) is 16.7 Å². The first-order valence-corrected chi connectivity index (χ1v) is 15.7. The minimum Gasteiger partial charge on any atom is -0.120 e. The maximum absolute atomic E-state index is 4.60. The Morgan fingerprint density at radius 3 is 1.82 bits per heavy atom. The van der Waals surface area contributed by atoms with Gasteiger partial charge in [0, 0.05) is 0 Å². The maximum atomic E-state index is 4.60. The van der Waals surface area contributed by atoms with E-state index in [9.17, 15) is 0 Å². The summed E-state index contributed by atoms with van der Waals surface area (Å²) in [5.74, 6) is 4.14. The average Bonchev–Trinajstić information content (AvgIpc) is 3.00. The number of hydrogen-bond acceptors (Lipinski definition) is 0. The van der Waals surface area contributed by atoms with Gasteiger partial charge in [0.05, 0.1) is 0 Å². The summed E-state index contributed by atoms with van der Waals surface area (Å²) in [6.45, 7) is 29.7. The summed E-state index contributed by atoms with van der Waals surface area (Å²) in [7, 11) is 0. The molecule has 0 spiro atoms. The molecule has 0 atom stereocenters. The van der Waals surface area contributed by atoms with Crippen LogP contribution in [0.15, 0.2) is 79.4 Å². The molecule has 40 heavy (non-hydrogen) atoms. The lowest BCUT2D eigenvalue weighted by molar-refractivity contribution is 0.278. The van der Waals surface area contributed by atoms with Gasteiger partial charge in [-0.1, -0.05) is 146 Å². The molecule has 0 saturated heterocycles. The van der Waals surface area contributed by atoms with E-state index in [-0.39, 0.29) is 0 Å². The van der Waals surface area contributed by atoms with Crippen molar-refractivity contribution in [2.45, 2.75) is 121 Å². The molecule has 0 nitrogen and oxygen atoms in total. The van der Waals surface area contributed by atoms with E-state index < -0.39 is 0 Å². The van der Waals surface area contributed by atoms with Crippen molar-refractivity contribution in [1.29, 1.82) is 0 Å². The summed E-state index contributed by atoms with van der Waals surface area (Å²) in [6, 6.07) is 17.9. The minimum absolute atomic E-state index is 0.944. The molecule has 1 aliphatic rings. The quantitative estimate of drug-likeness (QED) is 0.250. The third-order valence-electron chi connectivity index (χ3n) is 6.67. The van der Waals surface area contributed by atoms with Crippen LogP contribution in [0.1, 0.15) is 126 Å². The van der Waals surface area contributed by atoms with Crippen LogP contribution in [0.3, 0.4) is 0 Å². The highest BCUT2D eigenvalue weighted by molar-refractivity contribution is 5.69. The topological polar surface area (TPSA) is 0 Å². The number of terminal acetylenes is 1. The number of hydrogen-bond donors (Lipinski definition) is 0. The van der Waals surface area contributed by atoms with Gasteiger partial charge in [-0.05, 0) is 88.0 Å². The highest BCUT2D eigenvalue weighted by Gasteiger charge is 2.17. The molecule has 0 radical (unpaired) electrons. The molecule has 0 heteroatoms. The fourth-order valence-corrected chi connectivity index (χ4v) is 4.05. The molecule has 0 unspecified atom stereocenters. The third-order valence-corrected chi connectivity index (χ3v) is 6.67. The molecule has 0 aliphatic heterocycles. The fraction of sp³-hybridized carbons (Fsp3) is 0.500. The summed E-state index contributed by atoms with van der Waals surface area (Å²) in [4.78, 5) is 0. The molecule has 3 rings (SSSR count). The van der Waals surface area contributed by atoms with Crippen molar-refractivity contribution in [3.8, 4) is 23.5 Å². The molecule has 2 aromatic carbocycles. The zero-order chi connectivity index (χ0) is 31.3. The standard InChI is InChI=1S/C24H30.C6H12.C3H6.C3H4.2C2H6/c1-18(2)22-13-15-23(16-14-22)24-6-4-5-21(17-24)12-11-20-9-7-19(3)8-10-20;1-4-6(3)5-2;2*1-3-2;2*1-2/h4-6,13-17,19-20H,1,7-12H2,2-3H3;4H,5H2,1-3H3;3H,1H2,2H3;1H,2H3;2*1-2H3/b;6-4+;;;;. The molecule has 0 N–H and O–H groups in total. The predicted octanol–water partition coefficient (Wildman–Crippen LogP) is 13.4. The van der Waals surface area contributed by atoms with Crippen LogP contribution >= 0.6 is 0 Å². The predicted molar refractivity (Wildman–Crippen MR) is 189 cm³/mol. The second-order valence-electron chi connectivity index (χ2n) is 9.91. The van der Waals surface area contributed by atoms with E-state index in [1.807, 2.05) is 34.6 Å². The lowest BCUT2D eigenvalue weighted by Gasteiger charge is -2.26. The molecular weight excluding hydrogens is 480 g/mol. The molecule has 2 aromatic rings. The van der Waals surface area contributed by atoms with Gasteiger partial charge < -0.3 is 0 Å². The number of rotatable bonds is 6. The number of allylic oxidation sites excluding steroid dienone is 4. The van der Waals surface area contributed by atoms with Crippen molar-refractivity contribution in [2.24, 2.45) is 11.8 Å². The van der Waals surface area contributed by atoms with Crippen LogP contribution in [0.2, 0.25) is 0 Å². The zero-order valence-electron chi connectivity index (χ0n) is 28.4. The average molecular weight is 545 g/mol. The van der Waals surface area contributed by atoms with E-state index in [0.717, 1.165) is 17.4 Å². The van der Waals surface area contributed by atoms with E-state index in [2.05, 4.69) is 115 Å². The molecule has 224 valence electrons. The Bertz CT molecular complexity index is 925. The Morgan fingerprint density at radius 1 is 0.925 bits per heavy atom. The molecule has 1 aliphatic carbocycles. The van der Waals surface area contributed by atoms with Gasteiger partial charge in [0.1, 0.15) is 0 Å². The first-order valence-electron chi connectivity index (χ1n) is 15.7. The first-order chi connectivity index (χ1) is 19.3. The second-order valence-corrected chi connectivity index (χ2v) is 9.91. The molecule has 0 amide bonds. The van der Waals surface area contributed by atoms with Gasteiger partial charge in [-0.25, -0.2) is 0 Å². The van der Waals surface area contributed by atoms with Crippen molar-refractivity contribution in [2.75, 3.05) is 0 Å². The van der Waals surface area contributed by atoms with Crippen molar-refractivity contribution >= 4 is 5.57 Å². The highest BCUT2D eigenvalue weighted by atomic mass is 14.2. The van der Waals surface area contributed by atoms with Gasteiger partial charge in [0.2, 0.25) is 0 Å². The van der Waals surface area contributed by atoms with Crippen LogP contribution in [0.4, 0.5) is 0 Å². The Kier molecular flexibility index (Phi) is 30.4. The van der Waals surface area contributed by atoms with Gasteiger partial charge in [0.25, 0.3) is 0 Å². The molecule has 1 saturated carbocycles. The van der Waals surface area contributed by atoms with Gasteiger partial charge in [-0.3, -0.25) is 0 Å². The molecule has 1 fully saturated rings. The van der Waals surface area contributed by atoms with Crippen LogP contribution < -0.4 is 0 Å². The summed E-state index contributed by atoms with van der Waals surface area (Å²) < 4.78 is 0. The summed E-state index contributed by atoms with van der Waals surface area (Å²) in [6.07, 6.45) is 18.0. The van der Waals surface area contributed by atoms with E-state index in [0.29, 0.717) is 0 Å². The van der Waals surface area contributed by atoms with E-state index >= 15 is 0 Å². The van der Waals surface area contributed by atoms with Crippen LogP contribution in [0.5, 0.6) is 0 Å². The largest absolute Gasteiger partial charge is 0.120 e. The van der Waals surface area contributed by atoms with Crippen LogP contribution in [-0.2, 0) is 6.42 Å². The van der Waals surface area contributed by atoms with Gasteiger partial charge in [-0.15, -0.1) is 18.9 Å². The molecule has 0 bridgehead atoms.